The van der Waals surface area contributed by atoms with Crippen LogP contribution in [0.5, 0.6) is 0 Å². The van der Waals surface area contributed by atoms with E-state index < -0.39 is 0 Å². The number of halogens is 1. The molecule has 4 heteroatoms. The van der Waals surface area contributed by atoms with Crippen molar-refractivity contribution in [1.82, 2.24) is 15.5 Å². The van der Waals surface area contributed by atoms with Gasteiger partial charge in [-0.05, 0) is 50.8 Å². The van der Waals surface area contributed by atoms with Crippen LogP contribution >= 0.6 is 11.6 Å². The molecule has 1 fully saturated rings. The summed E-state index contributed by atoms with van der Waals surface area (Å²) in [5.41, 5.74) is 2.63. The summed E-state index contributed by atoms with van der Waals surface area (Å²) in [6.45, 7) is 3.32. The molecule has 96 valence electrons. The van der Waals surface area contributed by atoms with Gasteiger partial charge in [-0.1, -0.05) is 17.7 Å². The van der Waals surface area contributed by atoms with Crippen LogP contribution in [0.2, 0.25) is 5.02 Å². The summed E-state index contributed by atoms with van der Waals surface area (Å²) in [6, 6.07) is 4.05. The average Bonchev–Trinajstić information content (AvgIpc) is 2.80. The van der Waals surface area contributed by atoms with Crippen molar-refractivity contribution in [3.8, 4) is 0 Å². The lowest BCUT2D eigenvalue weighted by Gasteiger charge is -2.39. The Hall–Kier alpha value is -1.06. The zero-order valence-corrected chi connectivity index (χ0v) is 11.3. The van der Waals surface area contributed by atoms with E-state index in [-0.39, 0.29) is 0 Å². The normalized spacial score (nSPS) is 17.9. The summed E-state index contributed by atoms with van der Waals surface area (Å²) < 4.78 is 0. The molecule has 3 rings (SSSR count). The maximum atomic E-state index is 6.12. The van der Waals surface area contributed by atoms with Crippen molar-refractivity contribution in [2.75, 3.05) is 6.54 Å². The van der Waals surface area contributed by atoms with E-state index in [1.807, 2.05) is 12.3 Å². The number of fused-ring (bicyclic) bond motifs is 1. The maximum absolute atomic E-state index is 6.12. The number of hydrogen-bond acceptors (Lipinski definition) is 2. The van der Waals surface area contributed by atoms with Crippen LogP contribution in [0.15, 0.2) is 18.3 Å². The second-order valence-corrected chi connectivity index (χ2v) is 5.86. The smallest absolute Gasteiger partial charge is 0.0839 e. The van der Waals surface area contributed by atoms with Gasteiger partial charge in [0.1, 0.15) is 0 Å². The minimum absolute atomic E-state index is 0.377. The largest absolute Gasteiger partial charge is 0.311 e. The number of H-pyrrole nitrogens is 1. The molecule has 0 aliphatic heterocycles. The van der Waals surface area contributed by atoms with E-state index in [9.17, 15) is 0 Å². The SMILES string of the molecule is CC1(NCCc2ccc(Cl)c3[nH]ncc23)CCC1. The fraction of sp³-hybridized carbons (Fsp3) is 0.500. The van der Waals surface area contributed by atoms with Gasteiger partial charge in [0, 0.05) is 10.9 Å². The van der Waals surface area contributed by atoms with Gasteiger partial charge in [-0.3, -0.25) is 5.10 Å². The summed E-state index contributed by atoms with van der Waals surface area (Å²) in [7, 11) is 0. The third-order valence-corrected chi connectivity index (χ3v) is 4.37. The fourth-order valence-corrected chi connectivity index (χ4v) is 2.87. The molecule has 0 spiro atoms. The van der Waals surface area contributed by atoms with Gasteiger partial charge in [0.25, 0.3) is 0 Å². The molecule has 18 heavy (non-hydrogen) atoms. The first-order valence-corrected chi connectivity index (χ1v) is 6.91. The molecule has 1 aliphatic carbocycles. The quantitative estimate of drug-likeness (QED) is 0.889. The number of nitrogens with one attached hydrogen (secondary N) is 2. The first-order chi connectivity index (χ1) is 8.68. The van der Waals surface area contributed by atoms with E-state index in [1.54, 1.807) is 0 Å². The number of benzene rings is 1. The van der Waals surface area contributed by atoms with Crippen LogP contribution < -0.4 is 5.32 Å². The van der Waals surface area contributed by atoms with Gasteiger partial charge >= 0.3 is 0 Å². The molecule has 1 aromatic carbocycles. The average molecular weight is 264 g/mol. The molecule has 0 radical (unpaired) electrons. The van der Waals surface area contributed by atoms with Crippen molar-refractivity contribution in [2.24, 2.45) is 0 Å². The highest BCUT2D eigenvalue weighted by molar-refractivity contribution is 6.35. The molecular formula is C14H18ClN3. The van der Waals surface area contributed by atoms with Crippen molar-refractivity contribution in [2.45, 2.75) is 38.1 Å². The van der Waals surface area contributed by atoms with Gasteiger partial charge in [-0.2, -0.15) is 5.10 Å². The number of hydrogen-bond donors (Lipinski definition) is 2. The van der Waals surface area contributed by atoms with Crippen molar-refractivity contribution in [1.29, 1.82) is 0 Å². The predicted molar refractivity (Wildman–Crippen MR) is 75.1 cm³/mol. The molecule has 3 nitrogen and oxygen atoms in total. The van der Waals surface area contributed by atoms with E-state index >= 15 is 0 Å². The van der Waals surface area contributed by atoms with E-state index in [0.29, 0.717) is 5.54 Å². The highest BCUT2D eigenvalue weighted by Crippen LogP contribution is 2.31. The number of rotatable bonds is 4. The highest BCUT2D eigenvalue weighted by atomic mass is 35.5. The summed E-state index contributed by atoms with van der Waals surface area (Å²) in [6.07, 6.45) is 6.84. The molecule has 1 aromatic heterocycles. The number of aromatic nitrogens is 2. The lowest BCUT2D eigenvalue weighted by atomic mass is 9.78. The van der Waals surface area contributed by atoms with Crippen LogP contribution in [-0.2, 0) is 6.42 Å². The standard InChI is InChI=1S/C14H18ClN3/c1-14(6-2-7-14)16-8-5-10-3-4-12(15)13-11(10)9-17-18-13/h3-4,9,16H,2,5-8H2,1H3,(H,17,18). The Morgan fingerprint density at radius 1 is 1.44 bits per heavy atom. The molecule has 0 unspecified atom stereocenters. The fourth-order valence-electron chi connectivity index (χ4n) is 2.66. The lowest BCUT2D eigenvalue weighted by molar-refractivity contribution is 0.210. The molecule has 1 aliphatic rings. The molecule has 2 aromatic rings. The Morgan fingerprint density at radius 2 is 2.28 bits per heavy atom. The minimum atomic E-state index is 0.377. The topological polar surface area (TPSA) is 40.7 Å². The summed E-state index contributed by atoms with van der Waals surface area (Å²) >= 11 is 6.12. The first kappa shape index (κ1) is 12.0. The molecule has 0 amide bonds. The Morgan fingerprint density at radius 3 is 3.00 bits per heavy atom. The molecule has 0 saturated heterocycles. The zero-order chi connectivity index (χ0) is 12.6. The van der Waals surface area contributed by atoms with Crippen LogP contribution in [0.3, 0.4) is 0 Å². The minimum Gasteiger partial charge on any atom is -0.311 e. The van der Waals surface area contributed by atoms with Gasteiger partial charge in [0.2, 0.25) is 0 Å². The van der Waals surface area contributed by atoms with Crippen molar-refractivity contribution in [3.63, 3.8) is 0 Å². The maximum Gasteiger partial charge on any atom is 0.0839 e. The van der Waals surface area contributed by atoms with Crippen LogP contribution in [0, 0.1) is 0 Å². The second-order valence-electron chi connectivity index (χ2n) is 5.46. The number of nitrogens with zero attached hydrogens (tertiary/aromatic N) is 1. The monoisotopic (exact) mass is 263 g/mol. The van der Waals surface area contributed by atoms with Gasteiger partial charge in [0.15, 0.2) is 0 Å². The van der Waals surface area contributed by atoms with Crippen LogP contribution in [-0.4, -0.2) is 22.3 Å². The van der Waals surface area contributed by atoms with Crippen LogP contribution in [0.4, 0.5) is 0 Å². The van der Waals surface area contributed by atoms with E-state index in [1.165, 1.54) is 24.8 Å². The predicted octanol–water partition coefficient (Wildman–Crippen LogP) is 3.29. The van der Waals surface area contributed by atoms with E-state index in [2.05, 4.69) is 28.5 Å². The number of aromatic amines is 1. The molecule has 0 atom stereocenters. The summed E-state index contributed by atoms with van der Waals surface area (Å²) in [5.74, 6) is 0. The Kier molecular flexibility index (Phi) is 3.04. The Labute approximate surface area is 112 Å². The van der Waals surface area contributed by atoms with Crippen molar-refractivity contribution >= 4 is 22.5 Å². The summed E-state index contributed by atoms with van der Waals surface area (Å²) in [4.78, 5) is 0. The van der Waals surface area contributed by atoms with Crippen molar-refractivity contribution < 1.29 is 0 Å². The van der Waals surface area contributed by atoms with Gasteiger partial charge in [-0.25, -0.2) is 0 Å². The second kappa shape index (κ2) is 4.56. The zero-order valence-electron chi connectivity index (χ0n) is 10.6. The molecule has 1 saturated carbocycles. The van der Waals surface area contributed by atoms with Crippen LogP contribution in [0.1, 0.15) is 31.7 Å². The van der Waals surface area contributed by atoms with E-state index in [0.717, 1.165) is 28.9 Å². The third-order valence-electron chi connectivity index (χ3n) is 4.06. The highest BCUT2D eigenvalue weighted by Gasteiger charge is 2.30. The van der Waals surface area contributed by atoms with Gasteiger partial charge < -0.3 is 5.32 Å². The Bertz CT molecular complexity index is 557. The van der Waals surface area contributed by atoms with Gasteiger partial charge in [0.05, 0.1) is 16.7 Å². The summed E-state index contributed by atoms with van der Waals surface area (Å²) in [5, 5.41) is 12.6. The van der Waals surface area contributed by atoms with Gasteiger partial charge in [-0.15, -0.1) is 0 Å². The lowest BCUT2D eigenvalue weighted by Crippen LogP contribution is -2.48. The molecule has 2 N–H and O–H groups in total. The van der Waals surface area contributed by atoms with E-state index in [4.69, 9.17) is 11.6 Å². The third kappa shape index (κ3) is 2.13. The van der Waals surface area contributed by atoms with Crippen molar-refractivity contribution in [3.05, 3.63) is 28.9 Å². The molecule has 1 heterocycles. The molecular weight excluding hydrogens is 246 g/mol. The Balaban J connectivity index is 1.71. The van der Waals surface area contributed by atoms with Crippen LogP contribution in [0.25, 0.3) is 10.9 Å². The first-order valence-electron chi connectivity index (χ1n) is 6.53. The molecule has 0 bridgehead atoms.